The maximum atomic E-state index is 13.4. The molecule has 0 aliphatic carbocycles. The van der Waals surface area contributed by atoms with Crippen molar-refractivity contribution in [1.29, 1.82) is 0 Å². The molecule has 3 aliphatic heterocycles. The molecule has 91 heavy (non-hydrogen) atoms. The molecular formula is C72H127NO18. The number of nitrogens with one attached hydrogen (secondary N) is 1. The lowest BCUT2D eigenvalue weighted by Gasteiger charge is -2.48. The van der Waals surface area contributed by atoms with Crippen molar-refractivity contribution in [3.63, 3.8) is 0 Å². The van der Waals surface area contributed by atoms with E-state index in [0.717, 1.165) is 64.2 Å². The number of amides is 1. The number of aliphatic hydroxyl groups excluding tert-OH is 11. The molecule has 3 fully saturated rings. The van der Waals surface area contributed by atoms with Crippen LogP contribution in [0.2, 0.25) is 0 Å². The van der Waals surface area contributed by atoms with Crippen molar-refractivity contribution in [2.75, 3.05) is 26.4 Å². The Balaban J connectivity index is 1.41. The third-order valence-electron chi connectivity index (χ3n) is 17.5. The average molecular weight is 1290 g/mol. The van der Waals surface area contributed by atoms with Crippen LogP contribution >= 0.6 is 0 Å². The summed E-state index contributed by atoms with van der Waals surface area (Å²) < 4.78 is 34.3. The predicted octanol–water partition coefficient (Wildman–Crippen LogP) is 9.72. The van der Waals surface area contributed by atoms with E-state index in [1.54, 1.807) is 6.08 Å². The van der Waals surface area contributed by atoms with Crippen LogP contribution in [-0.2, 0) is 33.2 Å². The quantitative estimate of drug-likeness (QED) is 0.0199. The largest absolute Gasteiger partial charge is 0.394 e. The average Bonchev–Trinajstić information content (AvgIpc) is 0.884. The summed E-state index contributed by atoms with van der Waals surface area (Å²) in [5.74, 6) is -0.286. The summed E-state index contributed by atoms with van der Waals surface area (Å²) in [6.45, 7) is 1.61. The molecule has 0 aromatic heterocycles. The normalized spacial score (nSPS) is 28.3. The lowest BCUT2D eigenvalue weighted by atomic mass is 9.96. The maximum absolute atomic E-state index is 13.4. The van der Waals surface area contributed by atoms with Crippen molar-refractivity contribution >= 4 is 5.91 Å². The second-order valence-corrected chi connectivity index (χ2v) is 25.3. The van der Waals surface area contributed by atoms with Crippen LogP contribution in [0.25, 0.3) is 0 Å². The molecule has 17 unspecified atom stereocenters. The Labute approximate surface area is 547 Å². The van der Waals surface area contributed by atoms with Gasteiger partial charge in [0.25, 0.3) is 0 Å². The first-order valence-electron chi connectivity index (χ1n) is 35.7. The number of aliphatic hydroxyl groups is 11. The number of ether oxygens (including phenoxy) is 6. The zero-order chi connectivity index (χ0) is 66.1. The molecule has 3 heterocycles. The molecule has 3 saturated heterocycles. The van der Waals surface area contributed by atoms with Crippen molar-refractivity contribution in [3.05, 3.63) is 72.9 Å². The van der Waals surface area contributed by atoms with E-state index in [4.69, 9.17) is 28.4 Å². The molecule has 0 spiro atoms. The highest BCUT2D eigenvalue weighted by molar-refractivity contribution is 5.76. The van der Waals surface area contributed by atoms with Crippen LogP contribution in [-0.4, -0.2) is 193 Å². The van der Waals surface area contributed by atoms with Gasteiger partial charge in [0, 0.05) is 6.42 Å². The van der Waals surface area contributed by atoms with E-state index in [1.165, 1.54) is 148 Å². The Kier molecular flexibility index (Phi) is 48.4. The van der Waals surface area contributed by atoms with E-state index in [0.29, 0.717) is 12.8 Å². The Morgan fingerprint density at radius 3 is 1.23 bits per heavy atom. The van der Waals surface area contributed by atoms with Crippen LogP contribution in [0.5, 0.6) is 0 Å². The van der Waals surface area contributed by atoms with E-state index in [9.17, 15) is 61.0 Å². The number of carbonyl (C=O) groups is 1. The summed E-state index contributed by atoms with van der Waals surface area (Å²) in [7, 11) is 0. The lowest BCUT2D eigenvalue weighted by molar-refractivity contribution is -0.379. The van der Waals surface area contributed by atoms with Crippen molar-refractivity contribution in [2.45, 2.75) is 349 Å². The van der Waals surface area contributed by atoms with Gasteiger partial charge < -0.3 is 89.9 Å². The lowest BCUT2D eigenvalue weighted by Crippen LogP contribution is -2.66. The molecule has 19 heteroatoms. The molecule has 1 amide bonds. The minimum absolute atomic E-state index is 0.233. The van der Waals surface area contributed by atoms with Gasteiger partial charge in [0.15, 0.2) is 18.9 Å². The number of allylic oxidation sites excluding steroid dienone is 11. The van der Waals surface area contributed by atoms with Crippen LogP contribution in [0, 0.1) is 0 Å². The van der Waals surface area contributed by atoms with Gasteiger partial charge in [-0.25, -0.2) is 0 Å². The molecule has 528 valence electrons. The van der Waals surface area contributed by atoms with E-state index in [1.807, 2.05) is 6.08 Å². The molecule has 3 aliphatic rings. The highest BCUT2D eigenvalue weighted by Crippen LogP contribution is 2.33. The minimum Gasteiger partial charge on any atom is -0.394 e. The molecule has 0 saturated carbocycles. The first-order chi connectivity index (χ1) is 44.3. The van der Waals surface area contributed by atoms with Gasteiger partial charge in [0.2, 0.25) is 5.91 Å². The molecule has 0 aromatic carbocycles. The summed E-state index contributed by atoms with van der Waals surface area (Å²) in [4.78, 5) is 13.4. The highest BCUT2D eigenvalue weighted by Gasteiger charge is 2.53. The van der Waals surface area contributed by atoms with Crippen molar-refractivity contribution in [3.8, 4) is 0 Å². The van der Waals surface area contributed by atoms with Gasteiger partial charge in [-0.05, 0) is 70.6 Å². The van der Waals surface area contributed by atoms with Gasteiger partial charge in [0.1, 0.15) is 73.2 Å². The van der Waals surface area contributed by atoms with Crippen LogP contribution < -0.4 is 5.32 Å². The van der Waals surface area contributed by atoms with Crippen LogP contribution in [0.15, 0.2) is 72.9 Å². The monoisotopic (exact) mass is 1290 g/mol. The highest BCUT2D eigenvalue weighted by atomic mass is 16.8. The van der Waals surface area contributed by atoms with Gasteiger partial charge in [-0.15, -0.1) is 0 Å². The predicted molar refractivity (Wildman–Crippen MR) is 355 cm³/mol. The third-order valence-corrected chi connectivity index (χ3v) is 17.5. The summed E-state index contributed by atoms with van der Waals surface area (Å²) in [5, 5.41) is 121. The molecule has 0 radical (unpaired) electrons. The van der Waals surface area contributed by atoms with Crippen LogP contribution in [0.1, 0.15) is 245 Å². The molecule has 17 atom stereocenters. The maximum Gasteiger partial charge on any atom is 0.220 e. The zero-order valence-corrected chi connectivity index (χ0v) is 55.8. The molecule has 12 N–H and O–H groups in total. The molecule has 19 nitrogen and oxygen atoms in total. The van der Waals surface area contributed by atoms with E-state index in [2.05, 4.69) is 79.9 Å². The van der Waals surface area contributed by atoms with E-state index in [-0.39, 0.29) is 18.9 Å². The van der Waals surface area contributed by atoms with Crippen molar-refractivity contribution in [2.24, 2.45) is 0 Å². The fraction of sp³-hybridized carbons (Fsp3) is 0.819. The van der Waals surface area contributed by atoms with Gasteiger partial charge in [-0.1, -0.05) is 241 Å². The fourth-order valence-corrected chi connectivity index (χ4v) is 11.7. The first kappa shape index (κ1) is 82.5. The van der Waals surface area contributed by atoms with Crippen molar-refractivity contribution < 1.29 is 89.4 Å². The Morgan fingerprint density at radius 2 is 0.769 bits per heavy atom. The SMILES string of the molecule is CC/C=C\C/C=C\C/C=C\C/C=C\CCCCCCCCCCCCCCCCCCC(=O)NC(COC1OC(CO)C(OC2OC(CO)C(OC3OC(CO)C(O)C(O)C3O)C(O)C2O)C(O)C1O)C(O)/C=C/CC/C=C/CCCCCCCCCCCCC. The number of rotatable bonds is 54. The third kappa shape index (κ3) is 35.2. The van der Waals surface area contributed by atoms with Crippen molar-refractivity contribution in [1.82, 2.24) is 5.32 Å². The minimum atomic E-state index is -1.98. The van der Waals surface area contributed by atoms with Crippen LogP contribution in [0.4, 0.5) is 0 Å². The van der Waals surface area contributed by atoms with Gasteiger partial charge in [0.05, 0.1) is 38.6 Å². The first-order valence-corrected chi connectivity index (χ1v) is 35.7. The summed E-state index contributed by atoms with van der Waals surface area (Å²) in [5.41, 5.74) is 0. The second kappa shape index (κ2) is 53.4. The van der Waals surface area contributed by atoms with Gasteiger partial charge >= 0.3 is 0 Å². The number of carbonyl (C=O) groups excluding carboxylic acids is 1. The zero-order valence-electron chi connectivity index (χ0n) is 55.8. The Hall–Kier alpha value is -2.77. The summed E-state index contributed by atoms with van der Waals surface area (Å²) >= 11 is 0. The number of hydrogen-bond acceptors (Lipinski definition) is 18. The Bertz CT molecular complexity index is 1930. The fourth-order valence-electron chi connectivity index (χ4n) is 11.7. The van der Waals surface area contributed by atoms with E-state index >= 15 is 0 Å². The number of hydrogen-bond donors (Lipinski definition) is 12. The molecule has 3 rings (SSSR count). The molecular weight excluding hydrogens is 1170 g/mol. The number of unbranched alkanes of at least 4 members (excludes halogenated alkanes) is 28. The smallest absolute Gasteiger partial charge is 0.220 e. The van der Waals surface area contributed by atoms with Crippen LogP contribution in [0.3, 0.4) is 0 Å². The van der Waals surface area contributed by atoms with Gasteiger partial charge in [-0.3, -0.25) is 4.79 Å². The second-order valence-electron chi connectivity index (χ2n) is 25.3. The molecule has 0 bridgehead atoms. The van der Waals surface area contributed by atoms with E-state index < -0.39 is 124 Å². The standard InChI is InChI=1S/C72H127NO18/c1-3-5-7-9-11-13-15-17-19-21-22-23-24-25-26-27-28-29-30-31-32-34-36-38-40-42-44-46-48-50-60(78)73-55(56(77)49-47-45-43-41-39-37-35-33-20-18-16-14-12-10-8-6-4-2)54-86-70-66(84)63(81)68(58(52-75)88-70)91-72-67(85)64(82)69(59(53-76)89-72)90-71-65(83)62(80)61(79)57(51-74)87-71/h5,7,11,13,17,19,22-23,39,41,47,49,55-59,61-72,74-77,79-85H,3-4,6,8-10,12,14-16,18,20-21,24-38,40,42-46,48,50-54H2,1-2H3,(H,73,78)/b7-5-,13-11-,19-17-,23-22-,41-39+,49-47+. The Morgan fingerprint density at radius 1 is 0.407 bits per heavy atom. The molecule has 0 aromatic rings. The topological polar surface area (TPSA) is 307 Å². The summed E-state index contributed by atoms with van der Waals surface area (Å²) in [6, 6.07) is -0.992. The summed E-state index contributed by atoms with van der Waals surface area (Å²) in [6.07, 6.45) is 40.2. The van der Waals surface area contributed by atoms with Gasteiger partial charge in [-0.2, -0.15) is 0 Å².